The van der Waals surface area contributed by atoms with Crippen LogP contribution in [0.2, 0.25) is 0 Å². The maximum atomic E-state index is 2.91. The lowest BCUT2D eigenvalue weighted by Gasteiger charge is -2.55. The Hall–Kier alpha value is 0.430. The molecule has 5 atom stereocenters. The molecule has 0 heterocycles. The van der Waals surface area contributed by atoms with Crippen LogP contribution in [0, 0.1) is 88.3 Å². The molecule has 0 saturated heterocycles. The smallest absolute Gasteiger partial charge is 0.0264 e. The molecule has 1 heteroatoms. The van der Waals surface area contributed by atoms with Crippen molar-refractivity contribution in [2.75, 3.05) is 0 Å². The van der Waals surface area contributed by atoms with E-state index in [1.165, 1.54) is 32.1 Å². The highest BCUT2D eigenvalue weighted by molar-refractivity contribution is 7.17. The molecule has 0 spiro atoms. The molecule has 14 fully saturated rings. The lowest BCUT2D eigenvalue weighted by Crippen LogP contribution is -2.44. The van der Waals surface area contributed by atoms with Crippen LogP contribution in [0.15, 0.2) is 0 Å². The second-order valence-electron chi connectivity index (χ2n) is 21.1. The third kappa shape index (κ3) is 8.65. The van der Waals surface area contributed by atoms with Crippen molar-refractivity contribution < 1.29 is 0 Å². The van der Waals surface area contributed by atoms with Crippen molar-refractivity contribution in [2.45, 2.75) is 194 Å². The number of fused-ring (bicyclic) bond motifs is 5. The highest BCUT2D eigenvalue weighted by atomic mass is 31.0. The van der Waals surface area contributed by atoms with Crippen molar-refractivity contribution in [3.63, 3.8) is 0 Å². The molecule has 14 aliphatic carbocycles. The molecule has 5 unspecified atom stereocenters. The normalized spacial score (nSPS) is 51.6. The van der Waals surface area contributed by atoms with Gasteiger partial charge in [0.1, 0.15) is 0 Å². The van der Waals surface area contributed by atoms with E-state index in [-0.39, 0.29) is 0 Å². The number of hydrogen-bond acceptors (Lipinski definition) is 0. The van der Waals surface area contributed by atoms with Gasteiger partial charge >= 0.3 is 0 Å². The summed E-state index contributed by atoms with van der Waals surface area (Å²) in [5, 5.41) is 0. The SMILES string of the molecule is CC12CC3CC(CC(C3)C1)C2.CC1C2CC3CC(C2)CC1C3.CC1CC2CCC1C2.CC1CC2CCC1CC2.PC1CCCCC1. The summed E-state index contributed by atoms with van der Waals surface area (Å²) in [5.41, 5.74) is 1.75. The van der Waals surface area contributed by atoms with E-state index in [0.717, 1.165) is 93.9 Å². The molecule has 14 rings (SSSR count). The first-order chi connectivity index (χ1) is 22.2. The molecule has 0 radical (unpaired) electrons. The van der Waals surface area contributed by atoms with Crippen LogP contribution in [0.5, 0.6) is 0 Å². The summed E-state index contributed by atoms with van der Waals surface area (Å²) in [6, 6.07) is 0. The van der Waals surface area contributed by atoms with Gasteiger partial charge in [-0.1, -0.05) is 66.2 Å². The standard InChI is InChI=1S/2C11H18.C9H16.C8H14.C6H13P/c1-11-5-8-2-9(6-11)4-10(3-8)7-11;1-7-10-3-8-2-9(5-10)6-11(7)4-8;1-7-6-8-2-4-9(7)5-3-8;1-6-4-7-2-3-8(6)5-7;7-6-4-2-1-3-5-6/h8-10H,2-7H2,1H3;7-11H,2-6H2,1H3;7-9H,2-6H2,1H3;6-8H,2-5H2,1H3;6H,1-5,7H2. The highest BCUT2D eigenvalue weighted by Crippen LogP contribution is 2.60. The predicted molar refractivity (Wildman–Crippen MR) is 203 cm³/mol. The Morgan fingerprint density at radius 1 is 0.391 bits per heavy atom. The molecule has 12 bridgehead atoms. The van der Waals surface area contributed by atoms with Gasteiger partial charge < -0.3 is 0 Å². The van der Waals surface area contributed by atoms with Crippen LogP contribution < -0.4 is 0 Å². The molecule has 0 aromatic heterocycles. The zero-order valence-corrected chi connectivity index (χ0v) is 32.6. The summed E-state index contributed by atoms with van der Waals surface area (Å²) in [6.07, 6.45) is 38.7. The van der Waals surface area contributed by atoms with Crippen molar-refractivity contribution >= 4 is 9.24 Å². The van der Waals surface area contributed by atoms with E-state index >= 15 is 0 Å². The quantitative estimate of drug-likeness (QED) is 0.229. The van der Waals surface area contributed by atoms with Gasteiger partial charge in [-0.05, 0) is 216 Å². The van der Waals surface area contributed by atoms with Crippen molar-refractivity contribution in [1.82, 2.24) is 0 Å². The zero-order valence-electron chi connectivity index (χ0n) is 31.4. The summed E-state index contributed by atoms with van der Waals surface area (Å²) in [6.45, 7) is 9.91. The fourth-order valence-corrected chi connectivity index (χ4v) is 15.6. The van der Waals surface area contributed by atoms with Gasteiger partial charge in [-0.15, -0.1) is 9.24 Å². The Morgan fingerprint density at radius 3 is 1.13 bits per heavy atom. The van der Waals surface area contributed by atoms with Gasteiger partial charge in [0.15, 0.2) is 0 Å². The first kappa shape index (κ1) is 34.9. The van der Waals surface area contributed by atoms with Crippen LogP contribution >= 0.6 is 9.24 Å². The molecule has 0 nitrogen and oxygen atoms in total. The number of rotatable bonds is 0. The van der Waals surface area contributed by atoms with Gasteiger partial charge in [-0.2, -0.15) is 0 Å². The summed E-state index contributed by atoms with van der Waals surface area (Å²) in [4.78, 5) is 0. The third-order valence-electron chi connectivity index (χ3n) is 17.2. The van der Waals surface area contributed by atoms with E-state index in [2.05, 4.69) is 36.9 Å². The molecule has 0 aromatic rings. The summed E-state index contributed by atoms with van der Waals surface area (Å²) < 4.78 is 0. The molecule has 0 N–H and O–H groups in total. The van der Waals surface area contributed by atoms with E-state index in [0.29, 0.717) is 0 Å². The van der Waals surface area contributed by atoms with Gasteiger partial charge in [-0.3, -0.25) is 0 Å². The molecule has 264 valence electrons. The average Bonchev–Trinajstić information content (AvgIpc) is 3.63. The molecule has 0 aromatic carbocycles. The van der Waals surface area contributed by atoms with E-state index in [1.54, 1.807) is 128 Å². The molecule has 0 amide bonds. The Balaban J connectivity index is 0.0000000929. The van der Waals surface area contributed by atoms with Crippen LogP contribution in [-0.4, -0.2) is 5.66 Å². The Morgan fingerprint density at radius 2 is 0.826 bits per heavy atom. The first-order valence-corrected chi connectivity index (χ1v) is 22.6. The number of hydrogen-bond donors (Lipinski definition) is 0. The minimum absolute atomic E-state index is 0.800. The van der Waals surface area contributed by atoms with Gasteiger partial charge in [-0.25, -0.2) is 0 Å². The second-order valence-corrected chi connectivity index (χ2v) is 22.0. The summed E-state index contributed by atoms with van der Waals surface area (Å²) in [7, 11) is 2.91. The van der Waals surface area contributed by atoms with E-state index in [4.69, 9.17) is 0 Å². The lowest BCUT2D eigenvalue weighted by molar-refractivity contribution is -0.0411. The summed E-state index contributed by atoms with van der Waals surface area (Å²) in [5.74, 6) is 15.8. The first-order valence-electron chi connectivity index (χ1n) is 21.9. The third-order valence-corrected chi connectivity index (χ3v) is 17.9. The monoisotopic (exact) mass is 651 g/mol. The van der Waals surface area contributed by atoms with E-state index in [9.17, 15) is 0 Å². The fraction of sp³-hybridized carbons (Fsp3) is 1.00. The average molecular weight is 651 g/mol. The minimum Gasteiger partial charge on any atom is -0.134 e. The van der Waals surface area contributed by atoms with Gasteiger partial charge in [0.05, 0.1) is 0 Å². The molecule has 46 heavy (non-hydrogen) atoms. The molecular weight excluding hydrogens is 571 g/mol. The maximum Gasteiger partial charge on any atom is -0.0264 e. The Labute approximate surface area is 290 Å². The van der Waals surface area contributed by atoms with Crippen molar-refractivity contribution in [3.05, 3.63) is 0 Å². The zero-order chi connectivity index (χ0) is 31.8. The van der Waals surface area contributed by atoms with Crippen LogP contribution in [0.3, 0.4) is 0 Å². The minimum atomic E-state index is 0.800. The maximum absolute atomic E-state index is 2.91. The van der Waals surface area contributed by atoms with Crippen LogP contribution in [0.25, 0.3) is 0 Å². The predicted octanol–water partition coefficient (Wildman–Crippen LogP) is 13.8. The van der Waals surface area contributed by atoms with Crippen LogP contribution in [-0.2, 0) is 0 Å². The van der Waals surface area contributed by atoms with Gasteiger partial charge in [0, 0.05) is 0 Å². The second kappa shape index (κ2) is 15.4. The highest BCUT2D eigenvalue weighted by Gasteiger charge is 2.48. The molecule has 0 aliphatic heterocycles. The topological polar surface area (TPSA) is 0 Å². The van der Waals surface area contributed by atoms with Gasteiger partial charge in [0.25, 0.3) is 0 Å². The van der Waals surface area contributed by atoms with Crippen LogP contribution in [0.1, 0.15) is 188 Å². The van der Waals surface area contributed by atoms with Crippen LogP contribution in [0.4, 0.5) is 0 Å². The van der Waals surface area contributed by atoms with Crippen molar-refractivity contribution in [2.24, 2.45) is 88.3 Å². The van der Waals surface area contributed by atoms with E-state index < -0.39 is 0 Å². The molecule has 14 saturated carbocycles. The summed E-state index contributed by atoms with van der Waals surface area (Å²) >= 11 is 0. The largest absolute Gasteiger partial charge is 0.134 e. The van der Waals surface area contributed by atoms with E-state index in [1.807, 2.05) is 0 Å². The fourth-order valence-electron chi connectivity index (χ4n) is 15.1. The van der Waals surface area contributed by atoms with Crippen molar-refractivity contribution in [3.8, 4) is 0 Å². The van der Waals surface area contributed by atoms with Gasteiger partial charge in [0.2, 0.25) is 0 Å². The molecule has 14 aliphatic rings. The van der Waals surface area contributed by atoms with Crippen molar-refractivity contribution in [1.29, 1.82) is 0 Å². The Bertz CT molecular complexity index is 871. The lowest BCUT2D eigenvalue weighted by atomic mass is 9.50. The molecular formula is C45H79P. The Kier molecular flexibility index (Phi) is 11.6.